The number of aromatic hydroxyl groups is 3. The average molecular weight is 1520 g/mol. The number of allylic oxidation sites excluding steroid dienone is 2. The van der Waals surface area contributed by atoms with Crippen LogP contribution in [0.4, 0.5) is 5.69 Å². The molecule has 4 fully saturated rings. The van der Waals surface area contributed by atoms with Gasteiger partial charge in [0.25, 0.3) is 11.7 Å². The fraction of sp³-hybridized carbons (Fsp3) is 0.707. The molecule has 108 heavy (non-hydrogen) atoms. The molecule has 2 aromatic carbocycles. The van der Waals surface area contributed by atoms with Gasteiger partial charge in [0.15, 0.2) is 18.3 Å². The lowest BCUT2D eigenvalue weighted by Crippen LogP contribution is -2.68. The lowest BCUT2D eigenvalue weighted by Gasteiger charge is -2.49. The van der Waals surface area contributed by atoms with Gasteiger partial charge < -0.3 is 123 Å². The average Bonchev–Trinajstić information content (AvgIpc) is 1.50. The van der Waals surface area contributed by atoms with Crippen molar-refractivity contribution in [2.75, 3.05) is 58.4 Å². The first-order chi connectivity index (χ1) is 51.4. The minimum Gasteiger partial charge on any atom is -0.507 e. The second-order valence-corrected chi connectivity index (χ2v) is 30.2. The van der Waals surface area contributed by atoms with E-state index in [2.05, 4.69) is 20.5 Å². The van der Waals surface area contributed by atoms with Gasteiger partial charge in [-0.15, -0.1) is 5.10 Å². The smallest absolute Gasteiger partial charge is 0.312 e. The van der Waals surface area contributed by atoms with E-state index in [9.17, 15) is 60.3 Å². The van der Waals surface area contributed by atoms with E-state index < -0.39 is 181 Å². The highest BCUT2D eigenvalue weighted by Crippen LogP contribution is 2.55. The molecule has 3 aromatic rings. The van der Waals surface area contributed by atoms with Crippen LogP contribution in [0.1, 0.15) is 153 Å². The molecule has 1 aromatic heterocycles. The Bertz CT molecular complexity index is 3610. The number of esters is 1. The number of phenols is 3. The Kier molecular flexibility index (Phi) is 30.5. The molecule has 1 aliphatic carbocycles. The Hall–Kier alpha value is -6.58. The molecule has 7 aliphatic rings. The second-order valence-electron chi connectivity index (χ2n) is 30.2. The third-order valence-electron chi connectivity index (χ3n) is 22.2. The number of aryl methyl sites for hydroxylation is 1. The number of amides is 1. The maximum atomic E-state index is 14.8. The number of benzene rings is 2. The van der Waals surface area contributed by atoms with Crippen molar-refractivity contribution in [2.45, 2.75) is 261 Å². The first-order valence-corrected chi connectivity index (χ1v) is 38.0. The van der Waals surface area contributed by atoms with Crippen LogP contribution in [0.25, 0.3) is 10.8 Å². The van der Waals surface area contributed by atoms with Crippen LogP contribution in [0.5, 0.6) is 23.0 Å². The summed E-state index contributed by atoms with van der Waals surface area (Å²) in [6.07, 6.45) is 6.53. The number of hydrogen-bond acceptors (Lipinski definition) is 31. The van der Waals surface area contributed by atoms with Gasteiger partial charge in [0.05, 0.1) is 89.6 Å². The van der Waals surface area contributed by atoms with Crippen LogP contribution >= 0.6 is 0 Å². The third kappa shape index (κ3) is 20.0. The molecule has 604 valence electrons. The van der Waals surface area contributed by atoms with E-state index in [1.54, 1.807) is 44.9 Å². The van der Waals surface area contributed by atoms with E-state index in [0.29, 0.717) is 45.8 Å². The Morgan fingerprint density at radius 2 is 1.39 bits per heavy atom. The lowest BCUT2D eigenvalue weighted by atomic mass is 9.78. The highest BCUT2D eigenvalue weighted by molar-refractivity contribution is 6.24. The summed E-state index contributed by atoms with van der Waals surface area (Å²) >= 11 is 0. The van der Waals surface area contributed by atoms with Gasteiger partial charge >= 0.3 is 11.8 Å². The molecule has 0 unspecified atom stereocenters. The predicted molar refractivity (Wildman–Crippen MR) is 397 cm³/mol. The number of hydrazone groups is 1. The lowest BCUT2D eigenvalue weighted by molar-refractivity contribution is -0.318. The highest BCUT2D eigenvalue weighted by Gasteiger charge is 2.53. The molecule has 1 saturated carbocycles. The highest BCUT2D eigenvalue weighted by atomic mass is 16.7. The summed E-state index contributed by atoms with van der Waals surface area (Å²) in [5.74, 6) is -8.83. The molecule has 0 radical (unpaired) electrons. The van der Waals surface area contributed by atoms with Crippen molar-refractivity contribution in [1.29, 1.82) is 0 Å². The molecule has 33 nitrogen and oxygen atoms in total. The molecule has 7 heterocycles. The number of anilines is 1. The van der Waals surface area contributed by atoms with Crippen LogP contribution < -0.4 is 38.7 Å². The molecular weight excluding hydrogens is 1400 g/mol. The number of piperazine rings is 1. The summed E-state index contributed by atoms with van der Waals surface area (Å²) in [4.78, 5) is 43.7. The molecule has 33 heteroatoms. The van der Waals surface area contributed by atoms with Crippen molar-refractivity contribution in [3.63, 3.8) is 0 Å². The van der Waals surface area contributed by atoms with Crippen LogP contribution in [0.3, 0.4) is 0 Å². The maximum absolute atomic E-state index is 14.8. The Labute approximate surface area is 630 Å². The van der Waals surface area contributed by atoms with Crippen LogP contribution in [0.15, 0.2) is 47.4 Å². The maximum Gasteiger partial charge on any atom is 0.312 e. The van der Waals surface area contributed by atoms with Gasteiger partial charge in [0.2, 0.25) is 0 Å². The second kappa shape index (κ2) is 38.6. The zero-order valence-corrected chi connectivity index (χ0v) is 63.6. The molecule has 6 aliphatic heterocycles. The third-order valence-corrected chi connectivity index (χ3v) is 22.2. The standard InChI is InChI=1S/C75H118N12O21/c1-38-21-20-22-39(2)72(99)82-58-46(62(94)54-55(64(58)96)61(93)43(6)67-56(54)71(98)75(8,108-67)102-30-23-51(100-9)40(3)66(103-44(7)89)42(5)60(92)41(4)59(38)91)34-81-86-27-25-85(26-28-86)35-45-36-87(84-83-45)24-18-16-14-12-10-11-13-15-17-19-29-101-70-68(106-73-49(79)32-50(90)52(33-76)104-73)47(77)31-48(78)69(70)107-74-65(97)57(80)63(95)53(37-88)105-74/h20-23,30,34,36,38,40-42,47-53,57,59-60,63,65-66,68-70,73-74,88,90-97H,10-19,24-29,31-33,35,37,76-80H2,1-9H3,(H,82,99)/b21-20+,30-23+,39-22-,81-34+/t38-,40+,41+,42+,47-,48+,49+,50-,51-,52+,53+,57-,59-,60+,63+,65+,66+,68+,69-,70-,73+,74+,75-/m0/s1. The number of hydrogen-bond donors (Lipinski definition) is 15. The van der Waals surface area contributed by atoms with Gasteiger partial charge in [-0.25, -0.2) is 0 Å². The molecule has 3 saturated heterocycles. The van der Waals surface area contributed by atoms with Crippen molar-refractivity contribution in [2.24, 2.45) is 57.4 Å². The van der Waals surface area contributed by atoms with Crippen LogP contribution in [0.2, 0.25) is 0 Å². The number of methoxy groups -OCH3 is 1. The number of nitrogens with two attached hydrogens (primary N) is 5. The number of aromatic nitrogens is 3. The fourth-order valence-electron chi connectivity index (χ4n) is 15.4. The van der Waals surface area contributed by atoms with E-state index in [0.717, 1.165) is 70.0 Å². The molecule has 0 spiro atoms. The summed E-state index contributed by atoms with van der Waals surface area (Å²) < 4.78 is 56.8. The van der Waals surface area contributed by atoms with Gasteiger partial charge in [0, 0.05) is 132 Å². The predicted octanol–water partition coefficient (Wildman–Crippen LogP) is 2.14. The van der Waals surface area contributed by atoms with Gasteiger partial charge in [0.1, 0.15) is 60.0 Å². The number of phenolic OH excluding ortho intramolecular Hbond substituents is 3. The molecule has 20 N–H and O–H groups in total. The van der Waals surface area contributed by atoms with Gasteiger partial charge in [-0.3, -0.25) is 29.0 Å². The number of aliphatic hydroxyl groups is 6. The minimum absolute atomic E-state index is 0.0224. The van der Waals surface area contributed by atoms with Crippen molar-refractivity contribution in [3.05, 3.63) is 64.7 Å². The summed E-state index contributed by atoms with van der Waals surface area (Å²) in [7, 11) is 1.43. The van der Waals surface area contributed by atoms with Crippen LogP contribution in [-0.4, -0.2) is 264 Å². The topological polar surface area (TPSA) is 508 Å². The van der Waals surface area contributed by atoms with Crippen molar-refractivity contribution >= 4 is 40.3 Å². The fourth-order valence-corrected chi connectivity index (χ4v) is 15.4. The number of carbonyl (C=O) groups is 3. The van der Waals surface area contributed by atoms with Crippen LogP contribution in [0, 0.1) is 30.6 Å². The van der Waals surface area contributed by atoms with Crippen LogP contribution in [-0.2, 0) is 60.6 Å². The zero-order chi connectivity index (χ0) is 78.6. The molecule has 5 bridgehead atoms. The number of rotatable bonds is 26. The molecule has 23 atom stereocenters. The first-order valence-electron chi connectivity index (χ1n) is 38.0. The molecule has 10 rings (SSSR count). The van der Waals surface area contributed by atoms with Gasteiger partial charge in [-0.2, -0.15) is 5.10 Å². The van der Waals surface area contributed by atoms with E-state index in [4.69, 9.17) is 76.4 Å². The largest absolute Gasteiger partial charge is 0.507 e. The first kappa shape index (κ1) is 85.4. The van der Waals surface area contributed by atoms with Gasteiger partial charge in [-0.05, 0) is 45.6 Å². The Morgan fingerprint density at radius 1 is 0.750 bits per heavy atom. The number of aliphatic hydroxyl groups excluding tert-OH is 6. The number of nitrogens with one attached hydrogen (secondary N) is 1. The van der Waals surface area contributed by atoms with E-state index >= 15 is 0 Å². The SMILES string of the molecule is CO[C@H]1/C=C/O[C@@]2(C)Oc3c(C)c(O)c4c(O)c(c(/C=N/N5CCN(Cc6cn(CCCCCCCCCCCCO[C@@H]7[C@@H](O[C@H]8O[C@H](CO)[C@@H](O)[C@H](N)[C@H]8O)[C@H](N)C[C@H](N)[C@H]7O[C@H]7O[C@H](CN)[C@@H](O)C[C@H]7N)nn6)CC5)c(O)c4c3C2=O)NC(=O)/C(C)=C\C=C\[C@H](C)[C@H](O)[C@@H](C)[C@@H](O)[C@@H](C)[C@H](OC(C)=O)[C@@H]1C. The van der Waals surface area contributed by atoms with Gasteiger partial charge in [-0.1, -0.05) is 103 Å². The quantitative estimate of drug-likeness (QED) is 0.0180. The minimum atomic E-state index is -2.11. The number of unbranched alkanes of at least 4 members (excludes halogenated alkanes) is 9. The Balaban J connectivity index is 0.765. The van der Waals surface area contributed by atoms with Crippen molar-refractivity contribution in [3.8, 4) is 23.0 Å². The molecular formula is C75H118N12O21. The number of nitrogens with zero attached hydrogens (tertiary/aromatic N) is 6. The number of ketones is 1. The summed E-state index contributed by atoms with van der Waals surface area (Å²) in [6.45, 7) is 15.5. The number of fused-ring (bicyclic) bond motifs is 14. The Morgan fingerprint density at radius 3 is 2.03 bits per heavy atom. The number of carbonyl (C=O) groups excluding carboxylic acids is 3. The van der Waals surface area contributed by atoms with Crippen molar-refractivity contribution < 1.29 is 103 Å². The monoisotopic (exact) mass is 1520 g/mol. The number of Topliss-reactive ketones (excluding diaryl/α,β-unsaturated/α-hetero) is 1. The van der Waals surface area contributed by atoms with E-state index in [1.807, 2.05) is 10.9 Å². The summed E-state index contributed by atoms with van der Waals surface area (Å²) in [6, 6.07) is -3.22. The zero-order valence-electron chi connectivity index (χ0n) is 63.6. The molecule has 1 amide bonds. The normalized spacial score (nSPS) is 35.2. The number of ether oxygens (including phenoxy) is 9. The van der Waals surface area contributed by atoms with Crippen molar-refractivity contribution in [1.82, 2.24) is 24.9 Å². The summed E-state index contributed by atoms with van der Waals surface area (Å²) in [5, 5.41) is 119. The summed E-state index contributed by atoms with van der Waals surface area (Å²) in [5.41, 5.74) is 32.0. The van der Waals surface area contributed by atoms with E-state index in [-0.39, 0.29) is 63.9 Å². The van der Waals surface area contributed by atoms with E-state index in [1.165, 1.54) is 59.4 Å².